The molecule has 1 aromatic heterocycles. The fourth-order valence-corrected chi connectivity index (χ4v) is 7.98. The third-order valence-electron chi connectivity index (χ3n) is 9.03. The summed E-state index contributed by atoms with van der Waals surface area (Å²) >= 11 is 0. The number of hydrogen-bond donors (Lipinski definition) is 2. The monoisotopic (exact) mass is 468 g/mol. The third kappa shape index (κ3) is 4.01. The minimum atomic E-state index is -0.558. The van der Waals surface area contributed by atoms with E-state index in [0.717, 1.165) is 47.4 Å². The van der Waals surface area contributed by atoms with E-state index in [1.807, 2.05) is 0 Å². The third-order valence-corrected chi connectivity index (χ3v) is 9.03. The molecule has 5 aliphatic rings. The van der Waals surface area contributed by atoms with Crippen molar-refractivity contribution < 1.29 is 13.9 Å². The number of aromatic nitrogens is 2. The minimum Gasteiger partial charge on any atom is -0.391 e. The number of fused-ring (bicyclic) bond motifs is 1. The van der Waals surface area contributed by atoms with Gasteiger partial charge >= 0.3 is 0 Å². The number of anilines is 1. The smallest absolute Gasteiger partial charge is 0.133 e. The Morgan fingerprint density at radius 3 is 2.50 bits per heavy atom. The van der Waals surface area contributed by atoms with Crippen LogP contribution in [0.25, 0.3) is 0 Å². The summed E-state index contributed by atoms with van der Waals surface area (Å²) < 4.78 is 27.5. The Labute approximate surface area is 200 Å². The first-order valence-electron chi connectivity index (χ1n) is 12.8. The zero-order chi connectivity index (χ0) is 23.4. The van der Waals surface area contributed by atoms with Gasteiger partial charge in [0.15, 0.2) is 0 Å². The van der Waals surface area contributed by atoms with Crippen molar-refractivity contribution >= 4 is 5.82 Å². The van der Waals surface area contributed by atoms with Crippen LogP contribution in [0.15, 0.2) is 24.5 Å². The molecule has 4 saturated carbocycles. The molecule has 2 N–H and O–H groups in total. The van der Waals surface area contributed by atoms with Gasteiger partial charge in [0.1, 0.15) is 23.8 Å². The molecule has 0 spiro atoms. The van der Waals surface area contributed by atoms with Crippen molar-refractivity contribution in [2.24, 2.45) is 23.2 Å². The first-order valence-corrected chi connectivity index (χ1v) is 12.8. The predicted octanol–water partition coefficient (Wildman–Crippen LogP) is 4.86. The Morgan fingerprint density at radius 1 is 1.12 bits per heavy atom. The van der Waals surface area contributed by atoms with Crippen LogP contribution in [0.3, 0.4) is 0 Å². The highest BCUT2D eigenvalue weighted by Gasteiger charge is 2.53. The fourth-order valence-electron chi connectivity index (χ4n) is 7.98. The van der Waals surface area contributed by atoms with Gasteiger partial charge < -0.3 is 10.4 Å². The van der Waals surface area contributed by atoms with Crippen molar-refractivity contribution in [3.05, 3.63) is 53.0 Å². The topological polar surface area (TPSA) is 61.3 Å². The summed E-state index contributed by atoms with van der Waals surface area (Å²) in [5, 5.41) is 14.8. The van der Waals surface area contributed by atoms with Gasteiger partial charge in [-0.1, -0.05) is 13.0 Å². The first kappa shape index (κ1) is 22.4. The van der Waals surface area contributed by atoms with Crippen LogP contribution in [0.1, 0.15) is 68.2 Å². The van der Waals surface area contributed by atoms with Crippen LogP contribution >= 0.6 is 0 Å². The Morgan fingerprint density at radius 2 is 1.82 bits per heavy atom. The van der Waals surface area contributed by atoms with E-state index in [1.54, 1.807) is 6.33 Å². The van der Waals surface area contributed by atoms with Crippen LogP contribution in [-0.4, -0.2) is 39.2 Å². The highest BCUT2D eigenvalue weighted by atomic mass is 19.1. The molecule has 0 radical (unpaired) electrons. The number of aliphatic hydroxyl groups is 1. The zero-order valence-electron chi connectivity index (χ0n) is 19.8. The van der Waals surface area contributed by atoms with Gasteiger partial charge in [-0.15, -0.1) is 0 Å². The predicted molar refractivity (Wildman–Crippen MR) is 126 cm³/mol. The van der Waals surface area contributed by atoms with E-state index in [-0.39, 0.29) is 17.4 Å². The maximum absolute atomic E-state index is 14.2. The second-order valence-corrected chi connectivity index (χ2v) is 11.6. The normalized spacial score (nSPS) is 33.1. The number of nitrogens with zero attached hydrogens (tertiary/aromatic N) is 3. The highest BCUT2D eigenvalue weighted by molar-refractivity contribution is 5.49. The van der Waals surface area contributed by atoms with Crippen LogP contribution in [0, 0.1) is 34.8 Å². The summed E-state index contributed by atoms with van der Waals surface area (Å²) in [6.45, 7) is 4.39. The largest absolute Gasteiger partial charge is 0.391 e. The lowest BCUT2D eigenvalue weighted by Gasteiger charge is -2.58. The van der Waals surface area contributed by atoms with E-state index in [4.69, 9.17) is 0 Å². The average molecular weight is 469 g/mol. The van der Waals surface area contributed by atoms with Crippen molar-refractivity contribution in [1.82, 2.24) is 14.9 Å². The number of nitrogens with one attached hydrogen (secondary N) is 1. The molecule has 4 bridgehead atoms. The van der Waals surface area contributed by atoms with Crippen molar-refractivity contribution in [3.63, 3.8) is 0 Å². The average Bonchev–Trinajstić information content (AvgIpc) is 2.78. The molecule has 1 aromatic carbocycles. The van der Waals surface area contributed by atoms with Crippen LogP contribution in [-0.2, 0) is 13.1 Å². The maximum Gasteiger partial charge on any atom is 0.133 e. The number of aliphatic hydroxyl groups excluding tert-OH is 1. The quantitative estimate of drug-likeness (QED) is 0.634. The van der Waals surface area contributed by atoms with Crippen molar-refractivity contribution in [3.8, 4) is 0 Å². The van der Waals surface area contributed by atoms with Crippen LogP contribution in [0.4, 0.5) is 14.6 Å². The van der Waals surface area contributed by atoms with Gasteiger partial charge in [0.25, 0.3) is 0 Å². The minimum absolute atomic E-state index is 0.0798. The Hall–Kier alpha value is -2.12. The van der Waals surface area contributed by atoms with Gasteiger partial charge in [0.2, 0.25) is 0 Å². The molecule has 5 nitrogen and oxygen atoms in total. The van der Waals surface area contributed by atoms with E-state index in [9.17, 15) is 13.9 Å². The van der Waals surface area contributed by atoms with Crippen LogP contribution < -0.4 is 5.32 Å². The number of hydrogen-bond acceptors (Lipinski definition) is 5. The van der Waals surface area contributed by atoms with Gasteiger partial charge in [-0.05, 0) is 73.7 Å². The van der Waals surface area contributed by atoms with Gasteiger partial charge in [-0.3, -0.25) is 4.90 Å². The molecule has 4 fully saturated rings. The van der Waals surface area contributed by atoms with E-state index < -0.39 is 11.6 Å². The Kier molecular flexibility index (Phi) is 5.60. The molecule has 2 unspecified atom stereocenters. The zero-order valence-corrected chi connectivity index (χ0v) is 19.8. The van der Waals surface area contributed by atoms with Crippen molar-refractivity contribution in [2.45, 2.75) is 70.6 Å². The van der Waals surface area contributed by atoms with Crippen molar-refractivity contribution in [2.75, 3.05) is 18.4 Å². The van der Waals surface area contributed by atoms with Gasteiger partial charge in [-0.25, -0.2) is 18.7 Å². The molecule has 1 aliphatic heterocycles. The summed E-state index contributed by atoms with van der Waals surface area (Å²) in [6, 6.07) is 3.76. The van der Waals surface area contributed by atoms with E-state index in [0.29, 0.717) is 25.2 Å². The Bertz CT molecular complexity index is 1040. The summed E-state index contributed by atoms with van der Waals surface area (Å²) in [4.78, 5) is 11.2. The molecule has 0 saturated heterocycles. The van der Waals surface area contributed by atoms with E-state index in [1.165, 1.54) is 50.7 Å². The lowest BCUT2D eigenvalue weighted by molar-refractivity contribution is -0.115. The summed E-state index contributed by atoms with van der Waals surface area (Å²) in [5.74, 6) is 2.33. The van der Waals surface area contributed by atoms with Gasteiger partial charge in [0.05, 0.1) is 11.8 Å². The summed E-state index contributed by atoms with van der Waals surface area (Å²) in [7, 11) is 0. The maximum atomic E-state index is 14.2. The highest BCUT2D eigenvalue weighted by Crippen LogP contribution is 2.61. The molecule has 2 atom stereocenters. The summed E-state index contributed by atoms with van der Waals surface area (Å²) in [6.07, 6.45) is 8.85. The summed E-state index contributed by atoms with van der Waals surface area (Å²) in [5.41, 5.74) is 2.60. The molecule has 4 aliphatic carbocycles. The molecule has 2 heterocycles. The van der Waals surface area contributed by atoms with E-state index >= 15 is 0 Å². The first-order chi connectivity index (χ1) is 16.4. The molecule has 0 amide bonds. The molecule has 2 aromatic rings. The molecular weight excluding hydrogens is 434 g/mol. The molecule has 7 rings (SSSR count). The second kappa shape index (κ2) is 8.52. The molecular formula is C27H34F2N4O. The van der Waals surface area contributed by atoms with Crippen molar-refractivity contribution in [1.29, 1.82) is 0 Å². The second-order valence-electron chi connectivity index (χ2n) is 11.6. The SMILES string of the molecule is CC1CN(Cc2ccc(F)cc2F)Cc2ncnc(NCC(O)C34CC5CC(CC(C5)C3)C4)c21. The molecule has 7 heteroatoms. The molecule has 182 valence electrons. The number of halogens is 2. The number of benzene rings is 1. The van der Waals surface area contributed by atoms with Crippen LogP contribution in [0.2, 0.25) is 0 Å². The molecule has 34 heavy (non-hydrogen) atoms. The van der Waals surface area contributed by atoms with E-state index in [2.05, 4.69) is 27.1 Å². The van der Waals surface area contributed by atoms with Crippen LogP contribution in [0.5, 0.6) is 0 Å². The van der Waals surface area contributed by atoms with Gasteiger partial charge in [-0.2, -0.15) is 0 Å². The lowest BCUT2D eigenvalue weighted by atomic mass is 9.48. The Balaban J connectivity index is 1.15. The number of rotatable bonds is 6. The lowest BCUT2D eigenvalue weighted by Crippen LogP contribution is -2.53. The standard InChI is InChI=1S/C27H34F2N4O/c1-16-12-33(13-20-2-3-21(28)7-22(20)29)14-23-25(16)26(32-15-31-23)30-11-24(34)27-8-17-4-18(9-27)6-19(5-17)10-27/h2-3,7,15-19,24,34H,4-6,8-14H2,1H3,(H,30,31,32). The van der Waals surface area contributed by atoms with Gasteiger partial charge in [0, 0.05) is 43.4 Å². The fraction of sp³-hybridized carbons (Fsp3) is 0.630.